The first-order chi connectivity index (χ1) is 5.45. The number of hydrogen-bond acceptors (Lipinski definition) is 5. The first-order valence-electron chi connectivity index (χ1n) is 3.20. The molecule has 0 aromatic carbocycles. The lowest BCUT2D eigenvalue weighted by Gasteiger charge is -2.10. The summed E-state index contributed by atoms with van der Waals surface area (Å²) in [5.74, 6) is -0.685. The van der Waals surface area contributed by atoms with E-state index < -0.39 is 25.0 Å². The number of rotatable bonds is 4. The van der Waals surface area contributed by atoms with E-state index in [1.807, 2.05) is 0 Å². The Hall–Kier alpha value is -0.910. The van der Waals surface area contributed by atoms with E-state index in [4.69, 9.17) is 15.3 Å². The Bertz CT molecular complexity index is 175. The van der Waals surface area contributed by atoms with Crippen LogP contribution in [0.5, 0.6) is 0 Å². The van der Waals surface area contributed by atoms with Crippen LogP contribution < -0.4 is 0 Å². The summed E-state index contributed by atoms with van der Waals surface area (Å²) >= 11 is 0. The summed E-state index contributed by atoms with van der Waals surface area (Å²) in [6.45, 7) is 4.24. The van der Waals surface area contributed by atoms with Crippen LogP contribution >= 0.6 is 0 Å². The highest BCUT2D eigenvalue weighted by molar-refractivity contribution is 5.86. The molecule has 69 valence electrons. The highest BCUT2D eigenvalue weighted by atomic mass is 16.6. The topological polar surface area (TPSA) is 87.0 Å². The number of aliphatic hydroxyl groups excluding tert-OH is 2. The fourth-order valence-electron chi connectivity index (χ4n) is 0.352. The zero-order chi connectivity index (χ0) is 9.72. The van der Waals surface area contributed by atoms with Crippen molar-refractivity contribution in [1.82, 2.24) is 0 Å². The second kappa shape index (κ2) is 4.87. The van der Waals surface area contributed by atoms with E-state index in [1.54, 1.807) is 0 Å². The zero-order valence-electron chi connectivity index (χ0n) is 6.65. The van der Waals surface area contributed by atoms with E-state index in [2.05, 4.69) is 11.3 Å². The average molecular weight is 175 g/mol. The number of ether oxygens (including phenoxy) is 1. The summed E-state index contributed by atoms with van der Waals surface area (Å²) in [4.78, 5) is 10.7. The van der Waals surface area contributed by atoms with Crippen molar-refractivity contribution in [2.75, 3.05) is 6.61 Å². The van der Waals surface area contributed by atoms with Crippen molar-refractivity contribution in [3.8, 4) is 0 Å². The first-order valence-corrected chi connectivity index (χ1v) is 3.20. The number of aliphatic hydroxyl groups is 3. The predicted molar refractivity (Wildman–Crippen MR) is 38.9 cm³/mol. The number of carbonyl (C=O) groups excluding carboxylic acids is 1. The van der Waals surface area contributed by atoms with Crippen LogP contribution in [0.4, 0.5) is 0 Å². The zero-order valence-corrected chi connectivity index (χ0v) is 6.65. The number of esters is 1. The molecule has 1 unspecified atom stereocenters. The molecule has 0 heterocycles. The third-order valence-corrected chi connectivity index (χ3v) is 1.02. The molecule has 0 fully saturated rings. The Kier molecular flexibility index (Phi) is 4.50. The minimum Gasteiger partial charge on any atom is -0.459 e. The highest BCUT2D eigenvalue weighted by Crippen LogP contribution is 1.99. The molecule has 12 heavy (non-hydrogen) atoms. The smallest absolute Gasteiger partial charge is 0.333 e. The predicted octanol–water partition coefficient (Wildman–Crippen LogP) is -0.299. The van der Waals surface area contributed by atoms with Gasteiger partial charge in [-0.1, -0.05) is 6.58 Å². The van der Waals surface area contributed by atoms with Gasteiger partial charge in [0.25, 0.3) is 6.29 Å². The second-order valence-electron chi connectivity index (χ2n) is 2.25. The fraction of sp³-hybridized carbons (Fsp3) is 0.429. The van der Waals surface area contributed by atoms with E-state index in [0.29, 0.717) is 0 Å². The molecule has 0 bridgehead atoms. The third kappa shape index (κ3) is 4.07. The van der Waals surface area contributed by atoms with Crippen molar-refractivity contribution in [3.63, 3.8) is 0 Å². The minimum absolute atomic E-state index is 0.180. The Morgan fingerprint density at radius 1 is 1.58 bits per heavy atom. The largest absolute Gasteiger partial charge is 0.459 e. The molecule has 0 saturated heterocycles. The maximum Gasteiger partial charge on any atom is 0.333 e. The van der Waals surface area contributed by atoms with Gasteiger partial charge in [0.15, 0.2) is 0 Å². The molecular weight excluding hydrogens is 164 g/mol. The van der Waals surface area contributed by atoms with Gasteiger partial charge in [-0.05, 0) is 6.92 Å². The van der Waals surface area contributed by atoms with Gasteiger partial charge >= 0.3 is 5.97 Å². The van der Waals surface area contributed by atoms with E-state index in [9.17, 15) is 4.79 Å². The van der Waals surface area contributed by atoms with Gasteiger partial charge in [0.1, 0.15) is 12.7 Å². The first kappa shape index (κ1) is 11.1. The van der Waals surface area contributed by atoms with E-state index in [1.165, 1.54) is 6.92 Å². The summed E-state index contributed by atoms with van der Waals surface area (Å²) in [5.41, 5.74) is 0.180. The normalized spacial score (nSPS) is 12.8. The van der Waals surface area contributed by atoms with Gasteiger partial charge in [-0.15, -0.1) is 0 Å². The van der Waals surface area contributed by atoms with Crippen LogP contribution in [0.3, 0.4) is 0 Å². The lowest BCUT2D eigenvalue weighted by Crippen LogP contribution is -2.25. The summed E-state index contributed by atoms with van der Waals surface area (Å²) in [7, 11) is 0. The summed E-state index contributed by atoms with van der Waals surface area (Å²) in [5, 5.41) is 25.3. The van der Waals surface area contributed by atoms with Crippen LogP contribution in [0, 0.1) is 6.29 Å². The molecule has 0 aromatic heterocycles. The van der Waals surface area contributed by atoms with Crippen molar-refractivity contribution >= 4 is 5.97 Å². The fourth-order valence-corrected chi connectivity index (χ4v) is 0.352. The lowest BCUT2D eigenvalue weighted by molar-refractivity contribution is -0.144. The summed E-state index contributed by atoms with van der Waals surface area (Å²) < 4.78 is 4.40. The molecule has 1 atom stereocenters. The van der Waals surface area contributed by atoms with Crippen LogP contribution in [0.2, 0.25) is 0 Å². The summed E-state index contributed by atoms with van der Waals surface area (Å²) in [6.07, 6.45) is -2.74. The summed E-state index contributed by atoms with van der Waals surface area (Å²) in [6, 6.07) is 0. The molecule has 0 aliphatic rings. The van der Waals surface area contributed by atoms with Crippen molar-refractivity contribution in [3.05, 3.63) is 18.4 Å². The number of carbonyl (C=O) groups is 1. The molecule has 5 nitrogen and oxygen atoms in total. The van der Waals surface area contributed by atoms with Crippen molar-refractivity contribution in [2.45, 2.75) is 13.0 Å². The standard InChI is InChI=1S/C7H11O5/c1-4(2)7(11)12-3-5(8)6(9)10/h5,8-10H,1,3H2,2H3. The third-order valence-electron chi connectivity index (χ3n) is 1.02. The SMILES string of the molecule is C=C(C)C(=O)OCC(O)[C](O)O. The van der Waals surface area contributed by atoms with Crippen LogP contribution in [0.1, 0.15) is 6.92 Å². The molecule has 0 aromatic rings. The maximum absolute atomic E-state index is 10.7. The molecule has 0 aliphatic carbocycles. The van der Waals surface area contributed by atoms with Gasteiger partial charge < -0.3 is 20.1 Å². The molecule has 0 aliphatic heterocycles. The van der Waals surface area contributed by atoms with E-state index >= 15 is 0 Å². The molecule has 5 heteroatoms. The molecule has 3 N–H and O–H groups in total. The van der Waals surface area contributed by atoms with Crippen molar-refractivity contribution in [1.29, 1.82) is 0 Å². The minimum atomic E-state index is -1.56. The Morgan fingerprint density at radius 3 is 2.42 bits per heavy atom. The second-order valence-corrected chi connectivity index (χ2v) is 2.25. The van der Waals surface area contributed by atoms with E-state index in [0.717, 1.165) is 0 Å². The van der Waals surface area contributed by atoms with Crippen LogP contribution in [-0.4, -0.2) is 34.0 Å². The Morgan fingerprint density at radius 2 is 2.08 bits per heavy atom. The average Bonchev–Trinajstić information content (AvgIpc) is 1.98. The van der Waals surface area contributed by atoms with Crippen LogP contribution in [-0.2, 0) is 9.53 Å². The lowest BCUT2D eigenvalue weighted by atomic mass is 10.3. The molecule has 1 radical (unpaired) electrons. The quantitative estimate of drug-likeness (QED) is 0.403. The Labute approximate surface area is 69.9 Å². The monoisotopic (exact) mass is 175 g/mol. The van der Waals surface area contributed by atoms with Gasteiger partial charge in [-0.2, -0.15) is 0 Å². The van der Waals surface area contributed by atoms with Crippen molar-refractivity contribution < 1.29 is 24.9 Å². The van der Waals surface area contributed by atoms with Crippen LogP contribution in [0.15, 0.2) is 12.2 Å². The Balaban J connectivity index is 3.69. The van der Waals surface area contributed by atoms with Gasteiger partial charge in [0.2, 0.25) is 0 Å². The molecule has 0 spiro atoms. The molecule has 0 saturated carbocycles. The van der Waals surface area contributed by atoms with E-state index in [-0.39, 0.29) is 5.57 Å². The maximum atomic E-state index is 10.7. The molecule has 0 rings (SSSR count). The number of hydrogen-bond donors (Lipinski definition) is 3. The van der Waals surface area contributed by atoms with Crippen LogP contribution in [0.25, 0.3) is 0 Å². The van der Waals surface area contributed by atoms with Crippen molar-refractivity contribution in [2.24, 2.45) is 0 Å². The van der Waals surface area contributed by atoms with Gasteiger partial charge in [-0.3, -0.25) is 0 Å². The van der Waals surface area contributed by atoms with Gasteiger partial charge in [0, 0.05) is 5.57 Å². The van der Waals surface area contributed by atoms with Gasteiger partial charge in [-0.25, -0.2) is 4.79 Å². The molecule has 0 amide bonds. The van der Waals surface area contributed by atoms with Gasteiger partial charge in [0.05, 0.1) is 0 Å². The highest BCUT2D eigenvalue weighted by Gasteiger charge is 2.16. The molecular formula is C7H11O5.